The summed E-state index contributed by atoms with van der Waals surface area (Å²) >= 11 is 0. The summed E-state index contributed by atoms with van der Waals surface area (Å²) in [4.78, 5) is 4.51. The maximum atomic E-state index is 4.51. The molecule has 0 saturated carbocycles. The number of para-hydroxylation sites is 1. The van der Waals surface area contributed by atoms with Gasteiger partial charge in [0.25, 0.3) is 0 Å². The summed E-state index contributed by atoms with van der Waals surface area (Å²) < 4.78 is 0. The fourth-order valence-corrected chi connectivity index (χ4v) is 2.48. The molecule has 0 saturated heterocycles. The van der Waals surface area contributed by atoms with Gasteiger partial charge in [-0.05, 0) is 47.4 Å². The highest BCUT2D eigenvalue weighted by Crippen LogP contribution is 2.25. The first-order chi connectivity index (χ1) is 11.3. The minimum absolute atomic E-state index is 0.969. The van der Waals surface area contributed by atoms with E-state index in [9.17, 15) is 0 Å². The number of rotatable bonds is 4. The van der Waals surface area contributed by atoms with Crippen LogP contribution in [0.15, 0.2) is 95.5 Å². The van der Waals surface area contributed by atoms with Crippen molar-refractivity contribution in [3.8, 4) is 11.1 Å². The molecule has 0 spiro atoms. The second kappa shape index (κ2) is 7.37. The summed E-state index contributed by atoms with van der Waals surface area (Å²) in [6.45, 7) is 2.08. The molecule has 112 valence electrons. The van der Waals surface area contributed by atoms with Gasteiger partial charge in [-0.2, -0.15) is 0 Å². The zero-order valence-corrected chi connectivity index (χ0v) is 13.2. The molecule has 0 aromatic heterocycles. The minimum atomic E-state index is 0.969. The molecule has 0 fully saturated rings. The maximum absolute atomic E-state index is 4.51. The Kier molecular flexibility index (Phi) is 4.80. The minimum Gasteiger partial charge on any atom is -0.257 e. The third-order valence-electron chi connectivity index (χ3n) is 3.60. The van der Waals surface area contributed by atoms with Crippen LogP contribution in [0.1, 0.15) is 12.5 Å². The highest BCUT2D eigenvalue weighted by atomic mass is 14.7. The number of hydrogen-bond acceptors (Lipinski definition) is 1. The predicted molar refractivity (Wildman–Crippen MR) is 100 cm³/mol. The quantitative estimate of drug-likeness (QED) is 0.511. The van der Waals surface area contributed by atoms with Gasteiger partial charge in [0.05, 0.1) is 5.69 Å². The Morgan fingerprint density at radius 3 is 2.09 bits per heavy atom. The van der Waals surface area contributed by atoms with E-state index in [4.69, 9.17) is 0 Å². The lowest BCUT2D eigenvalue weighted by Crippen LogP contribution is -1.85. The van der Waals surface area contributed by atoms with E-state index in [2.05, 4.69) is 66.5 Å². The molecule has 0 aliphatic carbocycles. The molecule has 0 radical (unpaired) electrons. The zero-order valence-electron chi connectivity index (χ0n) is 13.2. The Labute approximate surface area is 137 Å². The largest absolute Gasteiger partial charge is 0.257 e. The van der Waals surface area contributed by atoms with E-state index in [1.807, 2.05) is 42.6 Å². The van der Waals surface area contributed by atoms with Gasteiger partial charge in [-0.25, -0.2) is 0 Å². The third kappa shape index (κ3) is 4.04. The van der Waals surface area contributed by atoms with Crippen LogP contribution in [0, 0.1) is 0 Å². The monoisotopic (exact) mass is 297 g/mol. The van der Waals surface area contributed by atoms with E-state index in [-0.39, 0.29) is 0 Å². The van der Waals surface area contributed by atoms with Gasteiger partial charge in [-0.15, -0.1) is 0 Å². The summed E-state index contributed by atoms with van der Waals surface area (Å²) in [6.07, 6.45) is 4.09. The lowest BCUT2D eigenvalue weighted by molar-refractivity contribution is 1.51. The van der Waals surface area contributed by atoms with Crippen LogP contribution in [0.5, 0.6) is 0 Å². The Morgan fingerprint density at radius 2 is 1.35 bits per heavy atom. The Morgan fingerprint density at radius 1 is 0.739 bits per heavy atom. The highest BCUT2D eigenvalue weighted by Gasteiger charge is 2.01. The Balaban J connectivity index is 1.89. The van der Waals surface area contributed by atoms with Crippen LogP contribution in [-0.2, 0) is 0 Å². The smallest absolute Gasteiger partial charge is 0.0629 e. The number of allylic oxidation sites excluding steroid dienone is 1. The van der Waals surface area contributed by atoms with Crippen molar-refractivity contribution in [2.24, 2.45) is 4.99 Å². The molecular formula is C22H19N. The van der Waals surface area contributed by atoms with Crippen molar-refractivity contribution in [3.63, 3.8) is 0 Å². The van der Waals surface area contributed by atoms with Crippen molar-refractivity contribution in [2.45, 2.75) is 6.92 Å². The SMILES string of the molecule is C/C(C=Nc1ccccc1)=C\c1ccccc1-c1ccccc1. The van der Waals surface area contributed by atoms with E-state index in [0.29, 0.717) is 0 Å². The van der Waals surface area contributed by atoms with Crippen LogP contribution in [0.25, 0.3) is 17.2 Å². The van der Waals surface area contributed by atoms with Gasteiger partial charge >= 0.3 is 0 Å². The van der Waals surface area contributed by atoms with Crippen molar-refractivity contribution < 1.29 is 0 Å². The molecule has 0 unspecified atom stereocenters. The second-order valence-electron chi connectivity index (χ2n) is 5.44. The van der Waals surface area contributed by atoms with Gasteiger partial charge in [0.2, 0.25) is 0 Å². The fourth-order valence-electron chi connectivity index (χ4n) is 2.48. The number of benzene rings is 3. The molecule has 0 N–H and O–H groups in total. The highest BCUT2D eigenvalue weighted by molar-refractivity contribution is 5.89. The van der Waals surface area contributed by atoms with Gasteiger partial charge in [0.1, 0.15) is 0 Å². The zero-order chi connectivity index (χ0) is 15.9. The maximum Gasteiger partial charge on any atom is 0.0629 e. The predicted octanol–water partition coefficient (Wildman–Crippen LogP) is 6.16. The molecule has 3 rings (SSSR count). The lowest BCUT2D eigenvalue weighted by Gasteiger charge is -2.06. The summed E-state index contributed by atoms with van der Waals surface area (Å²) in [5.41, 5.74) is 5.76. The van der Waals surface area contributed by atoms with Crippen LogP contribution < -0.4 is 0 Å². The van der Waals surface area contributed by atoms with E-state index < -0.39 is 0 Å². The van der Waals surface area contributed by atoms with Crippen LogP contribution in [0.2, 0.25) is 0 Å². The Bertz CT molecular complexity index is 815. The van der Waals surface area contributed by atoms with Crippen molar-refractivity contribution >= 4 is 18.0 Å². The summed E-state index contributed by atoms with van der Waals surface area (Å²) in [5.74, 6) is 0. The van der Waals surface area contributed by atoms with Crippen molar-refractivity contribution in [3.05, 3.63) is 96.1 Å². The van der Waals surface area contributed by atoms with Crippen LogP contribution in [0.3, 0.4) is 0 Å². The van der Waals surface area contributed by atoms with Crippen LogP contribution in [0.4, 0.5) is 5.69 Å². The fraction of sp³-hybridized carbons (Fsp3) is 0.0455. The normalized spacial score (nSPS) is 11.8. The second-order valence-corrected chi connectivity index (χ2v) is 5.44. The molecule has 0 aliphatic rings. The lowest BCUT2D eigenvalue weighted by atomic mass is 9.98. The van der Waals surface area contributed by atoms with Gasteiger partial charge in [-0.1, -0.05) is 72.8 Å². The van der Waals surface area contributed by atoms with E-state index in [1.54, 1.807) is 0 Å². The Hall–Kier alpha value is -2.93. The third-order valence-corrected chi connectivity index (χ3v) is 3.60. The molecule has 3 aromatic rings. The van der Waals surface area contributed by atoms with Crippen molar-refractivity contribution in [2.75, 3.05) is 0 Å². The first-order valence-electron chi connectivity index (χ1n) is 7.75. The topological polar surface area (TPSA) is 12.4 Å². The molecule has 3 aromatic carbocycles. The molecule has 1 heteroatoms. The summed E-state index contributed by atoms with van der Waals surface area (Å²) in [6, 6.07) is 28.9. The van der Waals surface area contributed by atoms with E-state index in [1.165, 1.54) is 16.7 Å². The number of hydrogen-bond donors (Lipinski definition) is 0. The molecule has 0 atom stereocenters. The molecule has 0 aliphatic heterocycles. The van der Waals surface area contributed by atoms with Crippen LogP contribution >= 0.6 is 0 Å². The molecular weight excluding hydrogens is 278 g/mol. The van der Waals surface area contributed by atoms with Crippen molar-refractivity contribution in [1.29, 1.82) is 0 Å². The summed E-state index contributed by atoms with van der Waals surface area (Å²) in [7, 11) is 0. The summed E-state index contributed by atoms with van der Waals surface area (Å²) in [5, 5.41) is 0. The van der Waals surface area contributed by atoms with E-state index >= 15 is 0 Å². The number of aliphatic imine (C=N–C) groups is 1. The average Bonchev–Trinajstić information content (AvgIpc) is 2.62. The first-order valence-corrected chi connectivity index (χ1v) is 7.75. The standard InChI is InChI=1S/C22H19N/c1-18(17-23-21-13-6-3-7-14-21)16-20-12-8-9-15-22(20)19-10-4-2-5-11-19/h2-17H,1H3/b18-16+,23-17?. The molecule has 0 bridgehead atoms. The van der Waals surface area contributed by atoms with Gasteiger partial charge in [0.15, 0.2) is 0 Å². The van der Waals surface area contributed by atoms with Crippen LogP contribution in [-0.4, -0.2) is 6.21 Å². The molecule has 0 heterocycles. The number of nitrogens with zero attached hydrogens (tertiary/aromatic N) is 1. The molecule has 0 amide bonds. The van der Waals surface area contributed by atoms with E-state index in [0.717, 1.165) is 11.3 Å². The molecule has 1 nitrogen and oxygen atoms in total. The van der Waals surface area contributed by atoms with Gasteiger partial charge < -0.3 is 0 Å². The van der Waals surface area contributed by atoms with Gasteiger partial charge in [0, 0.05) is 6.21 Å². The molecule has 23 heavy (non-hydrogen) atoms. The van der Waals surface area contributed by atoms with Gasteiger partial charge in [-0.3, -0.25) is 4.99 Å². The average molecular weight is 297 g/mol. The van der Waals surface area contributed by atoms with Crippen molar-refractivity contribution in [1.82, 2.24) is 0 Å². The first kappa shape index (κ1) is 15.0.